The molecule has 1 aromatic carbocycles. The van der Waals surface area contributed by atoms with Crippen LogP contribution in [0.25, 0.3) is 10.9 Å². The minimum Gasteiger partial charge on any atom is -0.361 e. The Morgan fingerprint density at radius 3 is 3.16 bits per heavy atom. The summed E-state index contributed by atoms with van der Waals surface area (Å²) < 4.78 is 11.3. The van der Waals surface area contributed by atoms with Crippen molar-refractivity contribution in [3.63, 3.8) is 0 Å². The first-order valence-electron chi connectivity index (χ1n) is 6.63. The zero-order valence-electron chi connectivity index (χ0n) is 11.3. The molecule has 1 unspecified atom stereocenters. The smallest absolute Gasteiger partial charge is 0.163 e. The highest BCUT2D eigenvalue weighted by atomic mass is 16.7. The maximum atomic E-state index is 5.75. The Hall–Kier alpha value is -1.36. The number of aromatic amines is 1. The lowest BCUT2D eigenvalue weighted by molar-refractivity contribution is -0.137. The van der Waals surface area contributed by atoms with E-state index in [1.807, 2.05) is 20.0 Å². The number of fused-ring (bicyclic) bond motifs is 1. The van der Waals surface area contributed by atoms with Gasteiger partial charge in [0, 0.05) is 36.3 Å². The predicted octanol–water partition coefficient (Wildman–Crippen LogP) is 2.21. The van der Waals surface area contributed by atoms with Crippen molar-refractivity contribution in [3.8, 4) is 0 Å². The van der Waals surface area contributed by atoms with E-state index in [2.05, 4.69) is 34.6 Å². The Bertz CT molecular complexity index is 562. The van der Waals surface area contributed by atoms with Gasteiger partial charge in [-0.05, 0) is 25.5 Å². The summed E-state index contributed by atoms with van der Waals surface area (Å²) in [6, 6.07) is 9.50. The first-order valence-corrected chi connectivity index (χ1v) is 6.63. The van der Waals surface area contributed by atoms with Crippen LogP contribution >= 0.6 is 0 Å². The summed E-state index contributed by atoms with van der Waals surface area (Å²) in [4.78, 5) is 3.17. The Balaban J connectivity index is 1.52. The molecule has 1 atom stereocenters. The lowest BCUT2D eigenvalue weighted by Gasteiger charge is -2.17. The number of nitrogens with one attached hydrogen (secondary N) is 2. The van der Waals surface area contributed by atoms with Crippen LogP contribution in [0.4, 0.5) is 0 Å². The second-order valence-corrected chi connectivity index (χ2v) is 5.39. The Labute approximate surface area is 113 Å². The van der Waals surface area contributed by atoms with E-state index in [1.54, 1.807) is 0 Å². The summed E-state index contributed by atoms with van der Waals surface area (Å²) in [6.07, 6.45) is 1.98. The third-order valence-corrected chi connectivity index (χ3v) is 3.31. The molecule has 1 saturated heterocycles. The maximum absolute atomic E-state index is 5.75. The molecule has 101 valence electrons. The Morgan fingerprint density at radius 1 is 1.47 bits per heavy atom. The van der Waals surface area contributed by atoms with Gasteiger partial charge in [0.1, 0.15) is 0 Å². The van der Waals surface area contributed by atoms with Gasteiger partial charge in [-0.1, -0.05) is 12.1 Å². The molecule has 4 nitrogen and oxygen atoms in total. The van der Waals surface area contributed by atoms with Crippen LogP contribution in [0.1, 0.15) is 19.4 Å². The number of rotatable bonds is 4. The SMILES string of the molecule is CC1(C)OCC(CNCc2ccc3[c]c[nH]c3c2)O1. The zero-order chi connectivity index (χ0) is 13.3. The van der Waals surface area contributed by atoms with Crippen LogP contribution in [-0.4, -0.2) is 30.0 Å². The summed E-state index contributed by atoms with van der Waals surface area (Å²) in [6.45, 7) is 6.18. The Morgan fingerprint density at radius 2 is 2.37 bits per heavy atom. The summed E-state index contributed by atoms with van der Waals surface area (Å²) in [5.41, 5.74) is 2.38. The molecule has 0 saturated carbocycles. The van der Waals surface area contributed by atoms with Gasteiger partial charge >= 0.3 is 0 Å². The van der Waals surface area contributed by atoms with Gasteiger partial charge in [-0.15, -0.1) is 0 Å². The molecule has 1 aliphatic heterocycles. The van der Waals surface area contributed by atoms with Crippen molar-refractivity contribution < 1.29 is 9.47 Å². The van der Waals surface area contributed by atoms with Gasteiger partial charge in [0.15, 0.2) is 5.79 Å². The minimum atomic E-state index is -0.439. The summed E-state index contributed by atoms with van der Waals surface area (Å²) in [7, 11) is 0. The lowest BCUT2D eigenvalue weighted by Crippen LogP contribution is -2.30. The van der Waals surface area contributed by atoms with E-state index in [1.165, 1.54) is 5.56 Å². The van der Waals surface area contributed by atoms with Gasteiger partial charge in [0.05, 0.1) is 12.7 Å². The normalized spacial score (nSPS) is 22.1. The molecule has 1 aromatic heterocycles. The van der Waals surface area contributed by atoms with Crippen LogP contribution in [0.2, 0.25) is 0 Å². The minimum absolute atomic E-state index is 0.137. The molecule has 0 amide bonds. The van der Waals surface area contributed by atoms with Crippen molar-refractivity contribution in [2.75, 3.05) is 13.2 Å². The first-order chi connectivity index (χ1) is 9.12. The van der Waals surface area contributed by atoms with Crippen LogP contribution in [-0.2, 0) is 16.0 Å². The molecule has 4 heteroatoms. The van der Waals surface area contributed by atoms with E-state index in [-0.39, 0.29) is 6.10 Å². The van der Waals surface area contributed by atoms with Gasteiger partial charge < -0.3 is 19.8 Å². The van der Waals surface area contributed by atoms with Crippen molar-refractivity contribution in [1.29, 1.82) is 0 Å². The number of H-pyrrole nitrogens is 1. The molecule has 0 aliphatic carbocycles. The predicted molar refractivity (Wildman–Crippen MR) is 73.7 cm³/mol. The van der Waals surface area contributed by atoms with E-state index in [4.69, 9.17) is 9.47 Å². The number of ether oxygens (including phenoxy) is 2. The first kappa shape index (κ1) is 12.7. The molecular formula is C15H19N2O2. The molecule has 2 N–H and O–H groups in total. The maximum Gasteiger partial charge on any atom is 0.163 e. The average Bonchev–Trinajstić information content (AvgIpc) is 2.95. The summed E-state index contributed by atoms with van der Waals surface area (Å²) in [5, 5.41) is 4.53. The second-order valence-electron chi connectivity index (χ2n) is 5.39. The van der Waals surface area contributed by atoms with Gasteiger partial charge in [-0.25, -0.2) is 0 Å². The highest BCUT2D eigenvalue weighted by molar-refractivity contribution is 5.79. The molecule has 2 heterocycles. The van der Waals surface area contributed by atoms with Gasteiger partial charge in [-0.3, -0.25) is 0 Å². The van der Waals surface area contributed by atoms with Crippen LogP contribution < -0.4 is 5.32 Å². The summed E-state index contributed by atoms with van der Waals surface area (Å²) in [5.74, 6) is -0.439. The fourth-order valence-electron chi connectivity index (χ4n) is 2.38. The molecule has 0 spiro atoms. The van der Waals surface area contributed by atoms with Gasteiger partial charge in [0.25, 0.3) is 0 Å². The molecule has 0 bridgehead atoms. The van der Waals surface area contributed by atoms with Crippen molar-refractivity contribution in [1.82, 2.24) is 10.3 Å². The third-order valence-electron chi connectivity index (χ3n) is 3.31. The monoisotopic (exact) mass is 259 g/mol. The number of benzene rings is 1. The molecule has 19 heavy (non-hydrogen) atoms. The highest BCUT2D eigenvalue weighted by Crippen LogP contribution is 2.21. The van der Waals surface area contributed by atoms with E-state index < -0.39 is 5.79 Å². The van der Waals surface area contributed by atoms with E-state index in [0.717, 1.165) is 24.0 Å². The van der Waals surface area contributed by atoms with E-state index >= 15 is 0 Å². The molecule has 1 fully saturated rings. The fraction of sp³-hybridized carbons (Fsp3) is 0.467. The Kier molecular flexibility index (Phi) is 3.31. The number of hydrogen-bond acceptors (Lipinski definition) is 3. The molecule has 1 aliphatic rings. The van der Waals surface area contributed by atoms with E-state index in [0.29, 0.717) is 6.61 Å². The number of hydrogen-bond donors (Lipinski definition) is 2. The van der Waals surface area contributed by atoms with Crippen molar-refractivity contribution in [2.45, 2.75) is 32.3 Å². The zero-order valence-corrected chi connectivity index (χ0v) is 11.3. The van der Waals surface area contributed by atoms with Crippen LogP contribution in [0.5, 0.6) is 0 Å². The molecule has 1 radical (unpaired) electrons. The average molecular weight is 259 g/mol. The van der Waals surface area contributed by atoms with Gasteiger partial charge in [-0.2, -0.15) is 0 Å². The third kappa shape index (κ3) is 2.97. The fourth-order valence-corrected chi connectivity index (χ4v) is 2.38. The van der Waals surface area contributed by atoms with Crippen molar-refractivity contribution in [2.24, 2.45) is 0 Å². The van der Waals surface area contributed by atoms with E-state index in [9.17, 15) is 0 Å². The highest BCUT2D eigenvalue weighted by Gasteiger charge is 2.32. The molecule has 3 rings (SSSR count). The van der Waals surface area contributed by atoms with Crippen LogP contribution in [0, 0.1) is 6.07 Å². The van der Waals surface area contributed by atoms with Crippen molar-refractivity contribution >= 4 is 10.9 Å². The van der Waals surface area contributed by atoms with Crippen LogP contribution in [0.3, 0.4) is 0 Å². The second kappa shape index (κ2) is 4.96. The standard InChI is InChI=1S/C15H19N2O2/c1-15(2)18-10-13(19-15)9-16-8-11-3-4-12-5-6-17-14(12)7-11/h3-4,6-7,13,16-17H,8-10H2,1-2H3. The molecule has 2 aromatic rings. The van der Waals surface area contributed by atoms with Crippen molar-refractivity contribution in [3.05, 3.63) is 36.0 Å². The quantitative estimate of drug-likeness (QED) is 0.885. The van der Waals surface area contributed by atoms with Gasteiger partial charge in [0.2, 0.25) is 0 Å². The lowest BCUT2D eigenvalue weighted by atomic mass is 10.1. The topological polar surface area (TPSA) is 46.3 Å². The van der Waals surface area contributed by atoms with Crippen LogP contribution in [0.15, 0.2) is 24.4 Å². The number of aromatic nitrogens is 1. The molecular weight excluding hydrogens is 240 g/mol. The largest absolute Gasteiger partial charge is 0.361 e. The summed E-state index contributed by atoms with van der Waals surface area (Å²) >= 11 is 0.